The summed E-state index contributed by atoms with van der Waals surface area (Å²) in [4.78, 5) is 41.2. The summed E-state index contributed by atoms with van der Waals surface area (Å²) in [6, 6.07) is 23.9. The van der Waals surface area contributed by atoms with Crippen molar-refractivity contribution in [3.05, 3.63) is 147 Å². The number of aromatic nitrogens is 1. The van der Waals surface area contributed by atoms with E-state index in [-0.39, 0.29) is 40.2 Å². The molecule has 0 spiro atoms. The third-order valence-electron chi connectivity index (χ3n) is 9.79. The Kier molecular flexibility index (Phi) is 9.67. The van der Waals surface area contributed by atoms with E-state index in [0.717, 1.165) is 22.3 Å². The highest BCUT2D eigenvalue weighted by atomic mass is 19.4. The first-order chi connectivity index (χ1) is 25.8. The van der Waals surface area contributed by atoms with Gasteiger partial charge in [-0.3, -0.25) is 9.59 Å². The molecule has 8 nitrogen and oxygen atoms in total. The number of hydrogen-bond donors (Lipinski definition) is 2. The topological polar surface area (TPSA) is 101 Å². The van der Waals surface area contributed by atoms with E-state index in [2.05, 4.69) is 5.32 Å². The number of morpholine rings is 1. The van der Waals surface area contributed by atoms with Crippen molar-refractivity contribution >= 4 is 39.2 Å². The van der Waals surface area contributed by atoms with Crippen LogP contribution in [-0.4, -0.2) is 47.4 Å². The predicted molar refractivity (Wildman–Crippen MR) is 193 cm³/mol. The van der Waals surface area contributed by atoms with E-state index in [0.29, 0.717) is 24.1 Å². The molecule has 2 heterocycles. The minimum Gasteiger partial charge on any atom is -0.480 e. The van der Waals surface area contributed by atoms with Gasteiger partial charge in [-0.05, 0) is 45.7 Å². The van der Waals surface area contributed by atoms with Gasteiger partial charge in [0.1, 0.15) is 23.2 Å². The molecule has 2 atom stereocenters. The van der Waals surface area contributed by atoms with Crippen LogP contribution in [0.3, 0.4) is 0 Å². The van der Waals surface area contributed by atoms with Crippen LogP contribution in [0.5, 0.6) is 0 Å². The van der Waals surface area contributed by atoms with Gasteiger partial charge in [0.25, 0.3) is 11.5 Å². The zero-order chi connectivity index (χ0) is 38.3. The van der Waals surface area contributed by atoms with Gasteiger partial charge in [-0.25, -0.2) is 13.6 Å². The van der Waals surface area contributed by atoms with Crippen LogP contribution in [0, 0.1) is 11.6 Å². The number of benzene rings is 5. The summed E-state index contributed by atoms with van der Waals surface area (Å²) in [5.41, 5.74) is -2.12. The Hall–Kier alpha value is -6.08. The Morgan fingerprint density at radius 3 is 2.24 bits per heavy atom. The highest BCUT2D eigenvalue weighted by molar-refractivity contribution is 6.02. The highest BCUT2D eigenvalue weighted by Gasteiger charge is 2.38. The number of carbonyl (C=O) groups is 2. The second-order valence-corrected chi connectivity index (χ2v) is 13.0. The summed E-state index contributed by atoms with van der Waals surface area (Å²) in [6.07, 6.45) is -5.31. The standard InChI is InChI=1S/C41H32F5N3O5/c1-48-33-16-6-5-12-29(33)37(41(44,45)46)35(39(48)51)28-15-8-13-26-24(11-7-14-27(26)28)19-32(40(52)53)47-38(50)36-30(42)20-25(21-31(36)43)49-17-18-54-22-34(49)23-9-3-2-4-10-23/h2-16,20-21,32,34H,17-19,22H2,1H3,(H,47,50)(H,52,53)/t32-,34-/m0/s1. The molecular formula is C41H32F5N3O5. The van der Waals surface area contributed by atoms with Crippen LogP contribution in [-0.2, 0) is 29.2 Å². The molecule has 1 aromatic heterocycles. The second kappa shape index (κ2) is 14.4. The van der Waals surface area contributed by atoms with Gasteiger partial charge in [0, 0.05) is 31.1 Å². The minimum atomic E-state index is -4.91. The molecule has 7 rings (SSSR count). The molecule has 1 fully saturated rings. The average molecular weight is 742 g/mol. The fourth-order valence-corrected chi connectivity index (χ4v) is 7.27. The molecule has 0 saturated carbocycles. The number of hydrogen-bond acceptors (Lipinski definition) is 5. The first-order valence-corrected chi connectivity index (χ1v) is 17.0. The van der Waals surface area contributed by atoms with Crippen LogP contribution in [0.15, 0.2) is 108 Å². The van der Waals surface area contributed by atoms with Crippen LogP contribution in [0.25, 0.3) is 32.8 Å². The van der Waals surface area contributed by atoms with E-state index in [9.17, 15) is 32.7 Å². The molecule has 1 aliphatic heterocycles. The number of ether oxygens (including phenoxy) is 1. The van der Waals surface area contributed by atoms with Crippen molar-refractivity contribution in [3.8, 4) is 11.1 Å². The molecule has 2 N–H and O–H groups in total. The van der Waals surface area contributed by atoms with E-state index in [1.165, 1.54) is 61.6 Å². The number of pyridine rings is 1. The van der Waals surface area contributed by atoms with Crippen molar-refractivity contribution in [3.63, 3.8) is 0 Å². The Morgan fingerprint density at radius 2 is 1.54 bits per heavy atom. The first kappa shape index (κ1) is 36.3. The summed E-state index contributed by atoms with van der Waals surface area (Å²) in [6.45, 7) is 0.909. The number of aliphatic carboxylic acids is 1. The minimum absolute atomic E-state index is 0.0251. The van der Waals surface area contributed by atoms with Gasteiger partial charge in [0.05, 0.1) is 35.9 Å². The molecule has 276 valence electrons. The van der Waals surface area contributed by atoms with Crippen molar-refractivity contribution in [2.24, 2.45) is 7.05 Å². The first-order valence-electron chi connectivity index (χ1n) is 17.0. The SMILES string of the molecule is Cn1c(=O)c(-c2cccc3c(C[C@H](NC(=O)c4c(F)cc(N5CCOC[C@H]5c5ccccc5)cc4F)C(=O)O)cccc23)c(C(F)(F)F)c2ccccc21. The molecular weight excluding hydrogens is 709 g/mol. The Labute approximate surface area is 305 Å². The zero-order valence-electron chi connectivity index (χ0n) is 28.7. The number of rotatable bonds is 8. The third-order valence-corrected chi connectivity index (χ3v) is 9.79. The monoisotopic (exact) mass is 741 g/mol. The lowest BCUT2D eigenvalue weighted by atomic mass is 9.90. The highest BCUT2D eigenvalue weighted by Crippen LogP contribution is 2.42. The van der Waals surface area contributed by atoms with Crippen molar-refractivity contribution in [1.82, 2.24) is 9.88 Å². The number of carboxylic acid groups (broad SMARTS) is 1. The Balaban J connectivity index is 1.21. The van der Waals surface area contributed by atoms with Crippen molar-refractivity contribution in [2.75, 3.05) is 24.7 Å². The fraction of sp³-hybridized carbons (Fsp3) is 0.195. The van der Waals surface area contributed by atoms with Gasteiger partial charge in [-0.15, -0.1) is 0 Å². The lowest BCUT2D eigenvalue weighted by Crippen LogP contribution is -2.43. The fourth-order valence-electron chi connectivity index (χ4n) is 7.27. The van der Waals surface area contributed by atoms with E-state index >= 15 is 8.78 Å². The van der Waals surface area contributed by atoms with Gasteiger partial charge in [-0.2, -0.15) is 13.2 Å². The molecule has 54 heavy (non-hydrogen) atoms. The van der Waals surface area contributed by atoms with Crippen LogP contribution in [0.1, 0.15) is 33.1 Å². The van der Waals surface area contributed by atoms with Crippen LogP contribution < -0.4 is 15.8 Å². The van der Waals surface area contributed by atoms with Gasteiger partial charge < -0.3 is 24.6 Å². The summed E-state index contributed by atoms with van der Waals surface area (Å²) >= 11 is 0. The molecule has 0 aliphatic carbocycles. The van der Waals surface area contributed by atoms with E-state index in [1.54, 1.807) is 11.0 Å². The number of carbonyl (C=O) groups excluding carboxylic acids is 1. The molecule has 1 saturated heterocycles. The molecule has 0 unspecified atom stereocenters. The largest absolute Gasteiger partial charge is 0.480 e. The number of amides is 1. The van der Waals surface area contributed by atoms with Crippen LogP contribution in [0.4, 0.5) is 27.6 Å². The molecule has 5 aromatic carbocycles. The maximum absolute atomic E-state index is 15.6. The quantitative estimate of drug-likeness (QED) is 0.156. The van der Waals surface area contributed by atoms with E-state index in [1.807, 2.05) is 30.3 Å². The Bertz CT molecular complexity index is 2460. The number of nitrogens with one attached hydrogen (secondary N) is 1. The van der Waals surface area contributed by atoms with Crippen molar-refractivity contribution < 1.29 is 41.4 Å². The summed E-state index contributed by atoms with van der Waals surface area (Å²) < 4.78 is 82.1. The molecule has 0 radical (unpaired) electrons. The predicted octanol–water partition coefficient (Wildman–Crippen LogP) is 7.66. The lowest BCUT2D eigenvalue weighted by molar-refractivity contribution is -0.139. The van der Waals surface area contributed by atoms with E-state index in [4.69, 9.17) is 4.74 Å². The van der Waals surface area contributed by atoms with Gasteiger partial charge in [-0.1, -0.05) is 84.9 Å². The third kappa shape index (κ3) is 6.66. The normalized spacial score (nSPS) is 15.4. The molecule has 0 bridgehead atoms. The lowest BCUT2D eigenvalue weighted by Gasteiger charge is -2.37. The smallest absolute Gasteiger partial charge is 0.417 e. The van der Waals surface area contributed by atoms with Crippen molar-refractivity contribution in [1.29, 1.82) is 0 Å². The van der Waals surface area contributed by atoms with Gasteiger partial charge in [0.2, 0.25) is 0 Å². The number of para-hydroxylation sites is 1. The maximum Gasteiger partial charge on any atom is 0.417 e. The second-order valence-electron chi connectivity index (χ2n) is 13.0. The average Bonchev–Trinajstić information content (AvgIpc) is 3.15. The number of halogens is 5. The molecule has 1 amide bonds. The number of fused-ring (bicyclic) bond motifs is 2. The van der Waals surface area contributed by atoms with Gasteiger partial charge in [0.15, 0.2) is 0 Å². The van der Waals surface area contributed by atoms with Crippen LogP contribution in [0.2, 0.25) is 0 Å². The summed E-state index contributed by atoms with van der Waals surface area (Å²) in [5.74, 6) is -5.22. The zero-order valence-corrected chi connectivity index (χ0v) is 28.7. The maximum atomic E-state index is 15.6. The number of nitrogens with zero attached hydrogens (tertiary/aromatic N) is 2. The molecule has 6 aromatic rings. The summed E-state index contributed by atoms with van der Waals surface area (Å²) in [5, 5.41) is 12.7. The molecule has 1 aliphatic rings. The number of anilines is 1. The van der Waals surface area contributed by atoms with Crippen molar-refractivity contribution in [2.45, 2.75) is 24.7 Å². The number of alkyl halides is 3. The van der Waals surface area contributed by atoms with Gasteiger partial charge >= 0.3 is 12.1 Å². The number of carboxylic acids is 1. The summed E-state index contributed by atoms with van der Waals surface area (Å²) in [7, 11) is 1.38. The molecule has 13 heteroatoms. The van der Waals surface area contributed by atoms with E-state index < -0.39 is 64.4 Å². The Morgan fingerprint density at radius 1 is 0.889 bits per heavy atom. The van der Waals surface area contributed by atoms with Crippen LogP contribution >= 0.6 is 0 Å². The number of aryl methyl sites for hydroxylation is 1.